The molecule has 0 amide bonds. The number of benzene rings is 1. The number of nitrogens with one attached hydrogen (secondary N) is 1. The Morgan fingerprint density at radius 1 is 1.38 bits per heavy atom. The first-order valence-corrected chi connectivity index (χ1v) is 7.55. The van der Waals surface area contributed by atoms with Gasteiger partial charge in [0.2, 0.25) is 0 Å². The number of anilines is 1. The molecule has 1 N–H and O–H groups in total. The second-order valence-electron chi connectivity index (χ2n) is 4.00. The average Bonchev–Trinajstić information content (AvgIpc) is 2.78. The minimum Gasteiger partial charge on any atom is -0.465 e. The van der Waals surface area contributed by atoms with Crippen LogP contribution in [0.25, 0.3) is 0 Å². The van der Waals surface area contributed by atoms with E-state index in [9.17, 15) is 13.2 Å². The number of aromatic nitrogens is 1. The molecular formula is C12H11ClN2O5S. The Morgan fingerprint density at radius 2 is 2.05 bits per heavy atom. The molecule has 2 aromatic rings. The number of methoxy groups -OCH3 is 1. The van der Waals surface area contributed by atoms with Gasteiger partial charge in [-0.3, -0.25) is 0 Å². The third kappa shape index (κ3) is 3.01. The molecular weight excluding hydrogens is 320 g/mol. The van der Waals surface area contributed by atoms with Crippen molar-refractivity contribution in [2.45, 2.75) is 11.8 Å². The van der Waals surface area contributed by atoms with Crippen LogP contribution in [0.2, 0.25) is 5.02 Å². The number of hydrogen-bond acceptors (Lipinski definition) is 6. The summed E-state index contributed by atoms with van der Waals surface area (Å²) in [5, 5.41) is 3.59. The minimum absolute atomic E-state index is 0.0501. The Morgan fingerprint density at radius 3 is 2.62 bits per heavy atom. The van der Waals surface area contributed by atoms with Gasteiger partial charge in [0.05, 0.1) is 12.7 Å². The molecule has 0 saturated heterocycles. The fourth-order valence-corrected chi connectivity index (χ4v) is 2.94. The van der Waals surface area contributed by atoms with E-state index in [1.807, 2.05) is 0 Å². The summed E-state index contributed by atoms with van der Waals surface area (Å²) in [6.45, 7) is 1.56. The molecule has 0 aliphatic heterocycles. The summed E-state index contributed by atoms with van der Waals surface area (Å²) >= 11 is 5.86. The van der Waals surface area contributed by atoms with Crippen LogP contribution in [0.3, 0.4) is 0 Å². The van der Waals surface area contributed by atoms with Crippen molar-refractivity contribution in [1.29, 1.82) is 0 Å². The van der Waals surface area contributed by atoms with Crippen LogP contribution < -0.4 is 4.72 Å². The Kier molecular flexibility index (Phi) is 4.19. The van der Waals surface area contributed by atoms with Gasteiger partial charge >= 0.3 is 5.97 Å². The summed E-state index contributed by atoms with van der Waals surface area (Å²) in [6.07, 6.45) is 0. The summed E-state index contributed by atoms with van der Waals surface area (Å²) < 4.78 is 36.2. The molecule has 7 nitrogen and oxygen atoms in total. The highest BCUT2D eigenvalue weighted by Crippen LogP contribution is 2.28. The monoisotopic (exact) mass is 330 g/mol. The van der Waals surface area contributed by atoms with Crippen molar-refractivity contribution in [3.63, 3.8) is 0 Å². The first-order chi connectivity index (χ1) is 9.86. The Balaban J connectivity index is 2.45. The first-order valence-electron chi connectivity index (χ1n) is 5.68. The molecule has 0 radical (unpaired) electrons. The fourth-order valence-electron chi connectivity index (χ4n) is 1.58. The number of esters is 1. The number of sulfonamides is 1. The zero-order chi connectivity index (χ0) is 15.6. The number of nitrogens with zero attached hydrogens (tertiary/aromatic N) is 1. The Labute approximate surface area is 125 Å². The van der Waals surface area contributed by atoms with Crippen LogP contribution in [-0.4, -0.2) is 26.7 Å². The molecule has 2 rings (SSSR count). The van der Waals surface area contributed by atoms with Gasteiger partial charge in [0.1, 0.15) is 15.6 Å². The predicted octanol–water partition coefficient (Wildman–Crippen LogP) is 2.22. The van der Waals surface area contributed by atoms with E-state index in [1.165, 1.54) is 24.3 Å². The van der Waals surface area contributed by atoms with E-state index in [0.29, 0.717) is 5.69 Å². The lowest BCUT2D eigenvalue weighted by Crippen LogP contribution is -2.17. The maximum atomic E-state index is 12.3. The third-order valence-electron chi connectivity index (χ3n) is 2.60. The number of halogens is 1. The van der Waals surface area contributed by atoms with E-state index in [0.717, 1.165) is 7.11 Å². The SMILES string of the molecule is COC(=O)c1ccccc1S(=O)(=O)Nc1onc(C)c1Cl. The highest BCUT2D eigenvalue weighted by molar-refractivity contribution is 7.92. The van der Waals surface area contributed by atoms with Gasteiger partial charge < -0.3 is 9.26 Å². The fraction of sp³-hybridized carbons (Fsp3) is 0.167. The largest absolute Gasteiger partial charge is 0.465 e. The number of carbonyl (C=O) groups excluding carboxylic acids is 1. The quantitative estimate of drug-likeness (QED) is 0.863. The second-order valence-corrected chi connectivity index (χ2v) is 6.03. The van der Waals surface area contributed by atoms with Gasteiger partial charge in [0.25, 0.3) is 15.9 Å². The van der Waals surface area contributed by atoms with Crippen molar-refractivity contribution < 1.29 is 22.5 Å². The number of carbonyl (C=O) groups is 1. The molecule has 0 saturated carbocycles. The maximum absolute atomic E-state index is 12.3. The Bertz CT molecular complexity index is 785. The molecule has 21 heavy (non-hydrogen) atoms. The van der Waals surface area contributed by atoms with Gasteiger partial charge in [-0.25, -0.2) is 17.9 Å². The van der Waals surface area contributed by atoms with Crippen molar-refractivity contribution in [2.24, 2.45) is 0 Å². The molecule has 112 valence electrons. The van der Waals surface area contributed by atoms with Gasteiger partial charge in [-0.1, -0.05) is 28.9 Å². The molecule has 1 aromatic heterocycles. The molecule has 0 fully saturated rings. The first kappa shape index (κ1) is 15.3. The van der Waals surface area contributed by atoms with Crippen molar-refractivity contribution in [2.75, 3.05) is 11.8 Å². The topological polar surface area (TPSA) is 98.5 Å². The second kappa shape index (κ2) is 5.74. The van der Waals surface area contributed by atoms with E-state index in [1.54, 1.807) is 6.92 Å². The lowest BCUT2D eigenvalue weighted by molar-refractivity contribution is 0.0596. The molecule has 0 unspecified atom stereocenters. The molecule has 1 heterocycles. The highest BCUT2D eigenvalue weighted by Gasteiger charge is 2.25. The van der Waals surface area contributed by atoms with Gasteiger partial charge in [-0.2, -0.15) is 0 Å². The molecule has 9 heteroatoms. The van der Waals surface area contributed by atoms with Crippen LogP contribution >= 0.6 is 11.6 Å². The average molecular weight is 331 g/mol. The molecule has 0 aliphatic rings. The summed E-state index contributed by atoms with van der Waals surface area (Å²) in [7, 11) is -2.91. The number of aryl methyl sites for hydroxylation is 1. The molecule has 0 atom stereocenters. The lowest BCUT2D eigenvalue weighted by Gasteiger charge is -2.09. The summed E-state index contributed by atoms with van der Waals surface area (Å²) in [4.78, 5) is 11.4. The summed E-state index contributed by atoms with van der Waals surface area (Å²) in [6, 6.07) is 5.62. The van der Waals surface area contributed by atoms with E-state index in [2.05, 4.69) is 14.6 Å². The van der Waals surface area contributed by atoms with E-state index < -0.39 is 16.0 Å². The zero-order valence-corrected chi connectivity index (χ0v) is 12.7. The number of ether oxygens (including phenoxy) is 1. The van der Waals surface area contributed by atoms with Gasteiger partial charge in [0, 0.05) is 0 Å². The number of rotatable bonds is 4. The minimum atomic E-state index is -4.08. The van der Waals surface area contributed by atoms with Crippen LogP contribution in [0, 0.1) is 6.92 Å². The molecule has 0 aliphatic carbocycles. The third-order valence-corrected chi connectivity index (χ3v) is 4.43. The van der Waals surface area contributed by atoms with Gasteiger partial charge in [-0.15, -0.1) is 0 Å². The van der Waals surface area contributed by atoms with Crippen LogP contribution in [-0.2, 0) is 14.8 Å². The summed E-state index contributed by atoms with van der Waals surface area (Å²) in [5.41, 5.74) is 0.246. The van der Waals surface area contributed by atoms with Gasteiger partial charge in [-0.05, 0) is 19.1 Å². The predicted molar refractivity (Wildman–Crippen MR) is 74.8 cm³/mol. The van der Waals surface area contributed by atoms with Crippen molar-refractivity contribution in [3.8, 4) is 0 Å². The standard InChI is InChI=1S/C12H11ClN2O5S/c1-7-10(13)11(20-14-7)15-21(17,18)9-6-4-3-5-8(9)12(16)19-2/h3-6,15H,1-2H3. The van der Waals surface area contributed by atoms with Crippen LogP contribution in [0.15, 0.2) is 33.7 Å². The summed E-state index contributed by atoms with van der Waals surface area (Å²) in [5.74, 6) is -0.982. The van der Waals surface area contributed by atoms with Crippen LogP contribution in [0.1, 0.15) is 16.1 Å². The molecule has 0 bridgehead atoms. The van der Waals surface area contributed by atoms with Crippen molar-refractivity contribution in [3.05, 3.63) is 40.5 Å². The highest BCUT2D eigenvalue weighted by atomic mass is 35.5. The zero-order valence-electron chi connectivity index (χ0n) is 11.1. The van der Waals surface area contributed by atoms with E-state index in [-0.39, 0.29) is 21.4 Å². The van der Waals surface area contributed by atoms with Gasteiger partial charge in [0.15, 0.2) is 0 Å². The Hall–Kier alpha value is -2.06. The van der Waals surface area contributed by atoms with E-state index in [4.69, 9.17) is 16.1 Å². The lowest BCUT2D eigenvalue weighted by atomic mass is 10.2. The normalized spacial score (nSPS) is 11.2. The molecule has 1 aromatic carbocycles. The molecule has 0 spiro atoms. The van der Waals surface area contributed by atoms with Crippen LogP contribution in [0.5, 0.6) is 0 Å². The van der Waals surface area contributed by atoms with Crippen LogP contribution in [0.4, 0.5) is 5.88 Å². The van der Waals surface area contributed by atoms with Crippen molar-refractivity contribution in [1.82, 2.24) is 5.16 Å². The van der Waals surface area contributed by atoms with E-state index >= 15 is 0 Å². The number of hydrogen-bond donors (Lipinski definition) is 1. The smallest absolute Gasteiger partial charge is 0.339 e. The maximum Gasteiger partial charge on any atom is 0.339 e. The van der Waals surface area contributed by atoms with Crippen molar-refractivity contribution >= 4 is 33.5 Å².